The van der Waals surface area contributed by atoms with Crippen LogP contribution >= 0.6 is 0 Å². The van der Waals surface area contributed by atoms with Crippen molar-refractivity contribution >= 4 is 22.6 Å². The van der Waals surface area contributed by atoms with Crippen LogP contribution in [0.15, 0.2) is 57.7 Å². The van der Waals surface area contributed by atoms with Crippen LogP contribution in [0.2, 0.25) is 0 Å². The van der Waals surface area contributed by atoms with Crippen LogP contribution in [0.4, 0.5) is 5.69 Å². The van der Waals surface area contributed by atoms with E-state index in [1.807, 2.05) is 18.2 Å². The molecule has 3 heterocycles. The van der Waals surface area contributed by atoms with E-state index < -0.39 is 5.63 Å². The Morgan fingerprint density at radius 1 is 1.06 bits per heavy atom. The molecule has 0 spiro atoms. The van der Waals surface area contributed by atoms with Crippen LogP contribution in [0.25, 0.3) is 11.0 Å². The van der Waals surface area contributed by atoms with E-state index in [-0.39, 0.29) is 17.5 Å². The first kappa shape index (κ1) is 20.8. The highest BCUT2D eigenvalue weighted by atomic mass is 16.4. The summed E-state index contributed by atoms with van der Waals surface area (Å²) in [5.74, 6) is -0.382. The van der Waals surface area contributed by atoms with Crippen molar-refractivity contribution < 1.29 is 9.21 Å². The van der Waals surface area contributed by atoms with Crippen LogP contribution in [0.5, 0.6) is 0 Å². The molecule has 1 fully saturated rings. The third kappa shape index (κ3) is 4.02. The third-order valence-electron chi connectivity index (χ3n) is 6.79. The van der Waals surface area contributed by atoms with Crippen molar-refractivity contribution in [3.8, 4) is 0 Å². The summed E-state index contributed by atoms with van der Waals surface area (Å²) in [6.45, 7) is 3.55. The summed E-state index contributed by atoms with van der Waals surface area (Å²) in [7, 11) is 2.13. The molecule has 0 radical (unpaired) electrons. The summed E-state index contributed by atoms with van der Waals surface area (Å²) >= 11 is 0. The number of fused-ring (bicyclic) bond motifs is 2. The molecule has 1 aromatic heterocycles. The zero-order valence-corrected chi connectivity index (χ0v) is 18.5. The number of anilines is 1. The van der Waals surface area contributed by atoms with E-state index in [1.54, 1.807) is 12.1 Å². The number of amides is 1. The highest BCUT2D eigenvalue weighted by molar-refractivity contribution is 5.96. The van der Waals surface area contributed by atoms with Gasteiger partial charge in [-0.25, -0.2) is 4.79 Å². The first-order valence-corrected chi connectivity index (χ1v) is 11.5. The summed E-state index contributed by atoms with van der Waals surface area (Å²) < 4.78 is 5.35. The molecule has 1 saturated heterocycles. The Balaban J connectivity index is 1.39. The van der Waals surface area contributed by atoms with E-state index in [2.05, 4.69) is 40.4 Å². The van der Waals surface area contributed by atoms with Crippen LogP contribution in [0.3, 0.4) is 0 Å². The topological polar surface area (TPSA) is 65.8 Å². The van der Waals surface area contributed by atoms with E-state index in [0.717, 1.165) is 31.4 Å². The largest absolute Gasteiger partial charge is 0.422 e. The molecule has 3 aromatic rings. The first-order valence-electron chi connectivity index (χ1n) is 11.5. The summed E-state index contributed by atoms with van der Waals surface area (Å²) in [5, 5.41) is 3.77. The van der Waals surface area contributed by atoms with Gasteiger partial charge in [0, 0.05) is 31.2 Å². The Bertz CT molecular complexity index is 1200. The fraction of sp³-hybridized carbons (Fsp3) is 0.385. The maximum Gasteiger partial charge on any atom is 0.349 e. The second-order valence-corrected chi connectivity index (χ2v) is 8.87. The van der Waals surface area contributed by atoms with Gasteiger partial charge in [0.25, 0.3) is 5.91 Å². The van der Waals surface area contributed by atoms with E-state index in [1.165, 1.54) is 36.1 Å². The number of likely N-dealkylation sites (tertiary alicyclic amines) is 1. The van der Waals surface area contributed by atoms with Gasteiger partial charge >= 0.3 is 5.63 Å². The van der Waals surface area contributed by atoms with Crippen molar-refractivity contribution in [1.82, 2.24) is 10.2 Å². The highest BCUT2D eigenvalue weighted by Crippen LogP contribution is 2.32. The van der Waals surface area contributed by atoms with E-state index >= 15 is 0 Å². The minimum absolute atomic E-state index is 0.0525. The molecule has 0 bridgehead atoms. The van der Waals surface area contributed by atoms with E-state index in [4.69, 9.17) is 4.42 Å². The molecule has 1 unspecified atom stereocenters. The molecule has 0 saturated carbocycles. The number of likely N-dealkylation sites (N-methyl/N-ethyl adjacent to an activating group) is 1. The van der Waals surface area contributed by atoms with Gasteiger partial charge in [-0.15, -0.1) is 0 Å². The van der Waals surface area contributed by atoms with Crippen molar-refractivity contribution in [2.75, 3.05) is 38.1 Å². The number of rotatable bonds is 5. The normalized spacial score (nSPS) is 17.3. The number of nitrogens with one attached hydrogen (secondary N) is 1. The maximum absolute atomic E-state index is 13.0. The lowest BCUT2D eigenvalue weighted by Gasteiger charge is -2.35. The quantitative estimate of drug-likeness (QED) is 0.624. The third-order valence-corrected chi connectivity index (χ3v) is 6.79. The second-order valence-electron chi connectivity index (χ2n) is 8.87. The molecule has 6 heteroatoms. The average Bonchev–Trinajstić information content (AvgIpc) is 3.19. The van der Waals surface area contributed by atoms with Gasteiger partial charge in [0.05, 0.1) is 6.04 Å². The SMILES string of the molecule is CN1CCc2cc(C(CNC(=O)c3cc4ccccc4oc3=O)N3CCCCC3)ccc21. The lowest BCUT2D eigenvalue weighted by Crippen LogP contribution is -2.41. The van der Waals surface area contributed by atoms with Crippen molar-refractivity contribution in [2.45, 2.75) is 31.7 Å². The monoisotopic (exact) mass is 431 g/mol. The second kappa shape index (κ2) is 8.79. The Hall–Kier alpha value is -3.12. The maximum atomic E-state index is 13.0. The molecule has 2 aliphatic rings. The number of para-hydroxylation sites is 1. The van der Waals surface area contributed by atoms with E-state index in [0.29, 0.717) is 12.1 Å². The van der Waals surface area contributed by atoms with Gasteiger partial charge in [-0.1, -0.05) is 36.8 Å². The van der Waals surface area contributed by atoms with Crippen LogP contribution in [0, 0.1) is 0 Å². The van der Waals surface area contributed by atoms with Crippen molar-refractivity contribution in [2.24, 2.45) is 0 Å². The smallest absolute Gasteiger partial charge is 0.349 e. The molecule has 2 aromatic carbocycles. The first-order chi connectivity index (χ1) is 15.6. The summed E-state index contributed by atoms with van der Waals surface area (Å²) in [5.41, 5.74) is 3.83. The fourth-order valence-electron chi connectivity index (χ4n) is 4.99. The summed E-state index contributed by atoms with van der Waals surface area (Å²) in [6, 6.07) is 15.6. The number of carbonyl (C=O) groups excluding carboxylic acids is 1. The van der Waals surface area contributed by atoms with Crippen molar-refractivity contribution in [3.05, 3.63) is 75.6 Å². The predicted molar refractivity (Wildman–Crippen MR) is 126 cm³/mol. The van der Waals surface area contributed by atoms with Gasteiger partial charge in [-0.2, -0.15) is 0 Å². The van der Waals surface area contributed by atoms with Crippen LogP contribution < -0.4 is 15.8 Å². The Morgan fingerprint density at radius 3 is 2.72 bits per heavy atom. The Labute approximate surface area is 187 Å². The van der Waals surface area contributed by atoms with Gasteiger partial charge < -0.3 is 14.6 Å². The molecule has 1 atom stereocenters. The number of hydrogen-bond donors (Lipinski definition) is 1. The van der Waals surface area contributed by atoms with Gasteiger partial charge in [-0.3, -0.25) is 9.69 Å². The number of nitrogens with zero attached hydrogens (tertiary/aromatic N) is 2. The predicted octanol–water partition coefficient (Wildman–Crippen LogP) is 3.74. The molecule has 166 valence electrons. The van der Waals surface area contributed by atoms with Crippen LogP contribution in [-0.2, 0) is 6.42 Å². The van der Waals surface area contributed by atoms with Gasteiger partial charge in [0.1, 0.15) is 11.1 Å². The number of hydrogen-bond acceptors (Lipinski definition) is 5. The number of piperidine rings is 1. The van der Waals surface area contributed by atoms with Crippen molar-refractivity contribution in [1.29, 1.82) is 0 Å². The van der Waals surface area contributed by atoms with Crippen molar-refractivity contribution in [3.63, 3.8) is 0 Å². The Morgan fingerprint density at radius 2 is 1.88 bits per heavy atom. The minimum Gasteiger partial charge on any atom is -0.422 e. The lowest BCUT2D eigenvalue weighted by atomic mass is 9.98. The molecule has 6 nitrogen and oxygen atoms in total. The zero-order valence-electron chi connectivity index (χ0n) is 18.5. The minimum atomic E-state index is -0.601. The number of carbonyl (C=O) groups is 1. The van der Waals surface area contributed by atoms with Gasteiger partial charge in [0.15, 0.2) is 0 Å². The summed E-state index contributed by atoms with van der Waals surface area (Å²) in [6.07, 6.45) is 4.65. The summed E-state index contributed by atoms with van der Waals surface area (Å²) in [4.78, 5) is 30.1. The molecule has 32 heavy (non-hydrogen) atoms. The zero-order chi connectivity index (χ0) is 22.1. The molecule has 1 N–H and O–H groups in total. The molecular formula is C26H29N3O3. The molecule has 1 amide bonds. The molecule has 2 aliphatic heterocycles. The number of benzene rings is 2. The molecular weight excluding hydrogens is 402 g/mol. The Kier molecular flexibility index (Phi) is 5.70. The molecule has 5 rings (SSSR count). The highest BCUT2D eigenvalue weighted by Gasteiger charge is 2.26. The van der Waals surface area contributed by atoms with Gasteiger partial charge in [-0.05, 0) is 61.7 Å². The lowest BCUT2D eigenvalue weighted by molar-refractivity contribution is 0.0921. The van der Waals surface area contributed by atoms with Crippen LogP contribution in [0.1, 0.15) is 46.8 Å². The standard InChI is InChI=1S/C26H29N3O3/c1-28-14-11-19-15-18(9-10-22(19)28)23(29-12-5-2-6-13-29)17-27-25(30)21-16-20-7-3-4-8-24(20)32-26(21)31/h3-4,7-10,15-16,23H,2,5-6,11-14,17H2,1H3,(H,27,30). The van der Waals surface area contributed by atoms with Gasteiger partial charge in [0.2, 0.25) is 0 Å². The molecule has 0 aliphatic carbocycles. The average molecular weight is 432 g/mol. The fourth-order valence-corrected chi connectivity index (χ4v) is 4.99. The van der Waals surface area contributed by atoms with E-state index in [9.17, 15) is 9.59 Å². The van der Waals surface area contributed by atoms with Crippen LogP contribution in [-0.4, -0.2) is 44.0 Å².